The van der Waals surface area contributed by atoms with Gasteiger partial charge in [0.25, 0.3) is 0 Å². The molecule has 1 fully saturated rings. The highest BCUT2D eigenvalue weighted by Crippen LogP contribution is 2.36. The van der Waals surface area contributed by atoms with Crippen molar-refractivity contribution in [2.75, 3.05) is 31.1 Å². The first-order chi connectivity index (χ1) is 14.9. The minimum atomic E-state index is -1.52. The fourth-order valence-electron chi connectivity index (χ4n) is 3.86. The molecule has 1 aliphatic heterocycles. The Morgan fingerprint density at radius 3 is 2.45 bits per heavy atom. The van der Waals surface area contributed by atoms with Gasteiger partial charge in [0.05, 0.1) is 23.1 Å². The number of hydrogen-bond donors (Lipinski definition) is 0. The Labute approximate surface area is 194 Å². The topological polar surface area (TPSA) is 41.4 Å². The lowest BCUT2D eigenvalue weighted by atomic mass is 10.0. The van der Waals surface area contributed by atoms with E-state index in [2.05, 4.69) is 14.8 Å². The number of rotatable bonds is 6. The largest absolute Gasteiger partial charge is 0.361 e. The predicted molar refractivity (Wildman–Crippen MR) is 122 cm³/mol. The summed E-state index contributed by atoms with van der Waals surface area (Å²) in [7, 11) is 0. The molecule has 2 heterocycles. The van der Waals surface area contributed by atoms with Crippen LogP contribution >= 0.6 is 34.8 Å². The Balaban J connectivity index is 1.53. The van der Waals surface area contributed by atoms with Crippen LogP contribution in [0.3, 0.4) is 0 Å². The van der Waals surface area contributed by atoms with Crippen molar-refractivity contribution in [1.82, 2.24) is 14.5 Å². The van der Waals surface area contributed by atoms with Crippen LogP contribution in [0.25, 0.3) is 0 Å². The summed E-state index contributed by atoms with van der Waals surface area (Å²) in [6, 6.07) is 11.9. The van der Waals surface area contributed by atoms with Crippen LogP contribution in [0.15, 0.2) is 55.0 Å². The summed E-state index contributed by atoms with van der Waals surface area (Å²) in [4.78, 5) is 19.2. The Hall–Kier alpha value is -2.12. The quantitative estimate of drug-likeness (QED) is 0.435. The molecule has 1 aliphatic rings. The van der Waals surface area contributed by atoms with Gasteiger partial charge in [-0.15, -0.1) is 0 Å². The molecule has 0 radical (unpaired) electrons. The first-order valence-electron chi connectivity index (χ1n) is 9.82. The molecule has 3 aromatic rings. The highest BCUT2D eigenvalue weighted by atomic mass is 35.5. The Kier molecular flexibility index (Phi) is 6.82. The second kappa shape index (κ2) is 9.57. The van der Waals surface area contributed by atoms with E-state index in [1.54, 1.807) is 10.6 Å². The second-order valence-corrected chi connectivity index (χ2v) is 8.71. The van der Waals surface area contributed by atoms with E-state index in [1.807, 2.05) is 36.4 Å². The molecule has 2 aromatic carbocycles. The molecule has 4 rings (SSSR count). The number of carbonyl (C=O) groups is 1. The molecule has 5 nitrogen and oxygen atoms in total. The van der Waals surface area contributed by atoms with Crippen LogP contribution in [0.2, 0.25) is 15.1 Å². The lowest BCUT2D eigenvalue weighted by Crippen LogP contribution is -2.49. The molecule has 0 aliphatic carbocycles. The van der Waals surface area contributed by atoms with Crippen molar-refractivity contribution in [3.05, 3.63) is 81.3 Å². The molecule has 0 bridgehead atoms. The summed E-state index contributed by atoms with van der Waals surface area (Å²) >= 11 is 18.7. The van der Waals surface area contributed by atoms with Gasteiger partial charge in [-0.2, -0.15) is 4.39 Å². The third-order valence-electron chi connectivity index (χ3n) is 5.45. The molecule has 1 aromatic heterocycles. The standard InChI is InChI=1S/C22H20Cl3FN4O/c23-16-3-1-15(2-4-16)21-13-28(7-8-29-12-19(22(26)31)27-14-29)9-10-30(21)20-6-5-17(24)11-18(20)25/h1-6,11-12,14,21H,7-10,13H2/t21-/m0/s1. The van der Waals surface area contributed by atoms with Gasteiger partial charge in [-0.1, -0.05) is 46.9 Å². The Bertz CT molecular complexity index is 1070. The summed E-state index contributed by atoms with van der Waals surface area (Å²) < 4.78 is 14.5. The molecule has 0 spiro atoms. The van der Waals surface area contributed by atoms with E-state index >= 15 is 0 Å². The minimum absolute atomic E-state index is 0.0652. The number of halogens is 4. The highest BCUT2D eigenvalue weighted by Gasteiger charge is 2.29. The average molecular weight is 482 g/mol. The van der Waals surface area contributed by atoms with Gasteiger partial charge in [0.2, 0.25) is 0 Å². The molecule has 0 saturated carbocycles. The minimum Gasteiger partial charge on any atom is -0.361 e. The molecule has 0 unspecified atom stereocenters. The van der Waals surface area contributed by atoms with Crippen LogP contribution in [0.4, 0.5) is 10.1 Å². The SMILES string of the molecule is O=C(F)c1cn(CCN2CCN(c3ccc(Cl)cc3Cl)[C@H](c3ccc(Cl)cc3)C2)cn1. The van der Waals surface area contributed by atoms with Crippen LogP contribution in [-0.2, 0) is 6.54 Å². The van der Waals surface area contributed by atoms with E-state index in [4.69, 9.17) is 34.8 Å². The van der Waals surface area contributed by atoms with E-state index in [0.717, 1.165) is 37.4 Å². The smallest absolute Gasteiger partial charge is 0.351 e. The predicted octanol–water partition coefficient (Wildman–Crippen LogP) is 5.52. The highest BCUT2D eigenvalue weighted by molar-refractivity contribution is 6.36. The molecular formula is C22H20Cl3FN4O. The monoisotopic (exact) mass is 480 g/mol. The summed E-state index contributed by atoms with van der Waals surface area (Å²) in [5, 5.41) is 1.90. The van der Waals surface area contributed by atoms with Gasteiger partial charge in [-0.25, -0.2) is 4.98 Å². The van der Waals surface area contributed by atoms with E-state index in [0.29, 0.717) is 21.6 Å². The van der Waals surface area contributed by atoms with Crippen molar-refractivity contribution in [3.63, 3.8) is 0 Å². The number of aromatic nitrogens is 2. The van der Waals surface area contributed by atoms with Crippen LogP contribution in [0.5, 0.6) is 0 Å². The van der Waals surface area contributed by atoms with Gasteiger partial charge in [0.15, 0.2) is 5.69 Å². The Morgan fingerprint density at radius 1 is 1.03 bits per heavy atom. The van der Waals surface area contributed by atoms with Crippen molar-refractivity contribution < 1.29 is 9.18 Å². The average Bonchev–Trinajstić information content (AvgIpc) is 3.23. The van der Waals surface area contributed by atoms with Crippen LogP contribution in [0.1, 0.15) is 22.1 Å². The zero-order valence-electron chi connectivity index (χ0n) is 16.5. The summed E-state index contributed by atoms with van der Waals surface area (Å²) in [6.45, 7) is 3.71. The van der Waals surface area contributed by atoms with E-state index in [9.17, 15) is 9.18 Å². The van der Waals surface area contributed by atoms with Crippen LogP contribution in [0, 0.1) is 0 Å². The first-order valence-corrected chi connectivity index (χ1v) is 11.0. The molecule has 31 heavy (non-hydrogen) atoms. The fraction of sp³-hybridized carbons (Fsp3) is 0.273. The third-order valence-corrected chi connectivity index (χ3v) is 6.24. The molecule has 1 saturated heterocycles. The zero-order chi connectivity index (χ0) is 22.0. The maximum Gasteiger partial charge on any atom is 0.351 e. The number of imidazole rings is 1. The van der Waals surface area contributed by atoms with Gasteiger partial charge < -0.3 is 9.47 Å². The summed E-state index contributed by atoms with van der Waals surface area (Å²) in [5.74, 6) is 0. The van der Waals surface area contributed by atoms with E-state index in [1.165, 1.54) is 12.5 Å². The fourth-order valence-corrected chi connectivity index (χ4v) is 4.50. The van der Waals surface area contributed by atoms with Crippen molar-refractivity contribution in [1.29, 1.82) is 0 Å². The second-order valence-electron chi connectivity index (χ2n) is 7.43. The number of hydrogen-bond acceptors (Lipinski definition) is 4. The first kappa shape index (κ1) is 22.1. The van der Waals surface area contributed by atoms with Gasteiger partial charge in [0.1, 0.15) is 0 Å². The number of benzene rings is 2. The molecule has 9 heteroatoms. The van der Waals surface area contributed by atoms with Crippen LogP contribution < -0.4 is 4.90 Å². The normalized spacial score (nSPS) is 17.2. The van der Waals surface area contributed by atoms with Gasteiger partial charge in [0, 0.05) is 49.0 Å². The van der Waals surface area contributed by atoms with Crippen molar-refractivity contribution in [2.24, 2.45) is 0 Å². The summed E-state index contributed by atoms with van der Waals surface area (Å²) in [6.07, 6.45) is 2.91. The number of piperazine rings is 1. The molecule has 0 N–H and O–H groups in total. The van der Waals surface area contributed by atoms with Crippen LogP contribution in [-0.4, -0.2) is 46.7 Å². The number of carbonyl (C=O) groups excluding carboxylic acids is 1. The molecule has 162 valence electrons. The third kappa shape index (κ3) is 5.21. The summed E-state index contributed by atoms with van der Waals surface area (Å²) in [5.41, 5.74) is 1.90. The van der Waals surface area contributed by atoms with E-state index < -0.39 is 6.04 Å². The van der Waals surface area contributed by atoms with E-state index in [-0.39, 0.29) is 11.7 Å². The Morgan fingerprint density at radius 2 is 1.77 bits per heavy atom. The van der Waals surface area contributed by atoms with Gasteiger partial charge >= 0.3 is 6.04 Å². The maximum atomic E-state index is 12.8. The van der Waals surface area contributed by atoms with Crippen molar-refractivity contribution in [2.45, 2.75) is 12.6 Å². The lowest BCUT2D eigenvalue weighted by Gasteiger charge is -2.43. The lowest BCUT2D eigenvalue weighted by molar-refractivity contribution is 0.0830. The zero-order valence-corrected chi connectivity index (χ0v) is 18.8. The van der Waals surface area contributed by atoms with Crippen molar-refractivity contribution in [3.8, 4) is 0 Å². The molecular weight excluding hydrogens is 462 g/mol. The number of nitrogens with zero attached hydrogens (tertiary/aromatic N) is 4. The van der Waals surface area contributed by atoms with Gasteiger partial charge in [-0.3, -0.25) is 9.69 Å². The van der Waals surface area contributed by atoms with Gasteiger partial charge in [-0.05, 0) is 35.9 Å². The number of anilines is 1. The van der Waals surface area contributed by atoms with Crippen molar-refractivity contribution >= 4 is 46.5 Å². The molecule has 1 atom stereocenters. The molecule has 0 amide bonds. The maximum absolute atomic E-state index is 12.8.